The van der Waals surface area contributed by atoms with Crippen molar-refractivity contribution in [2.75, 3.05) is 0 Å². The molecule has 0 radical (unpaired) electrons. The van der Waals surface area contributed by atoms with Crippen molar-refractivity contribution < 1.29 is 9.90 Å². The first-order valence-corrected chi connectivity index (χ1v) is 6.06. The molecule has 0 saturated carbocycles. The molecule has 3 aromatic rings. The summed E-state index contributed by atoms with van der Waals surface area (Å²) >= 11 is 0. The van der Waals surface area contributed by atoms with Crippen LogP contribution in [0.3, 0.4) is 0 Å². The van der Waals surface area contributed by atoms with E-state index in [1.54, 1.807) is 0 Å². The van der Waals surface area contributed by atoms with Crippen LogP contribution < -0.4 is 0 Å². The molecule has 0 bridgehead atoms. The van der Waals surface area contributed by atoms with Gasteiger partial charge in [-0.15, -0.1) is 5.10 Å². The zero-order valence-corrected chi connectivity index (χ0v) is 10.4. The summed E-state index contributed by atoms with van der Waals surface area (Å²) < 4.78 is 0. The number of nitrogens with one attached hydrogen (secondary N) is 1. The minimum absolute atomic E-state index is 0.0756. The number of rotatable bonds is 3. The minimum Gasteiger partial charge on any atom is -0.476 e. The van der Waals surface area contributed by atoms with Gasteiger partial charge in [0.05, 0.1) is 0 Å². The van der Waals surface area contributed by atoms with Crippen molar-refractivity contribution in [3.05, 3.63) is 60.3 Å². The molecule has 1 aromatic heterocycles. The van der Waals surface area contributed by atoms with Gasteiger partial charge >= 0.3 is 5.97 Å². The number of carbonyl (C=O) groups is 1. The molecule has 0 aliphatic carbocycles. The van der Waals surface area contributed by atoms with Crippen molar-refractivity contribution >= 4 is 5.97 Å². The summed E-state index contributed by atoms with van der Waals surface area (Å²) in [6.07, 6.45) is 0. The number of nitrogens with zero attached hydrogens (tertiary/aromatic N) is 2. The molecule has 0 aliphatic heterocycles. The van der Waals surface area contributed by atoms with Crippen LogP contribution in [-0.4, -0.2) is 26.5 Å². The molecule has 1 heterocycles. The Kier molecular flexibility index (Phi) is 3.01. The number of carboxylic acids is 1. The van der Waals surface area contributed by atoms with E-state index >= 15 is 0 Å². The number of hydrogen-bond donors (Lipinski definition) is 2. The number of aromatic carboxylic acids is 1. The van der Waals surface area contributed by atoms with Gasteiger partial charge in [0, 0.05) is 5.56 Å². The van der Waals surface area contributed by atoms with E-state index in [1.807, 2.05) is 54.6 Å². The molecule has 0 amide bonds. The highest BCUT2D eigenvalue weighted by atomic mass is 16.4. The van der Waals surface area contributed by atoms with Gasteiger partial charge in [0.25, 0.3) is 0 Å². The molecule has 0 atom stereocenters. The lowest BCUT2D eigenvalue weighted by molar-refractivity contribution is 0.0691. The Balaban J connectivity index is 2.21. The average molecular weight is 265 g/mol. The van der Waals surface area contributed by atoms with E-state index in [9.17, 15) is 4.79 Å². The molecule has 2 N–H and O–H groups in total. The van der Waals surface area contributed by atoms with Crippen LogP contribution in [-0.2, 0) is 0 Å². The number of aromatic nitrogens is 3. The quantitative estimate of drug-likeness (QED) is 0.763. The lowest BCUT2D eigenvalue weighted by Crippen LogP contribution is -2.00. The lowest BCUT2D eigenvalue weighted by atomic mass is 9.97. The van der Waals surface area contributed by atoms with Gasteiger partial charge in [0.1, 0.15) is 5.69 Å². The van der Waals surface area contributed by atoms with E-state index in [-0.39, 0.29) is 5.69 Å². The molecule has 5 nitrogen and oxygen atoms in total. The molecular weight excluding hydrogens is 254 g/mol. The number of benzene rings is 2. The third-order valence-electron chi connectivity index (χ3n) is 3.02. The van der Waals surface area contributed by atoms with Gasteiger partial charge < -0.3 is 5.11 Å². The Labute approximate surface area is 114 Å². The van der Waals surface area contributed by atoms with Crippen LogP contribution in [0.15, 0.2) is 54.6 Å². The third kappa shape index (κ3) is 2.05. The van der Waals surface area contributed by atoms with E-state index in [1.165, 1.54) is 0 Å². The topological polar surface area (TPSA) is 78.9 Å². The fourth-order valence-electron chi connectivity index (χ4n) is 2.13. The second kappa shape index (κ2) is 4.97. The van der Waals surface area contributed by atoms with Crippen LogP contribution in [0.1, 0.15) is 10.5 Å². The fraction of sp³-hybridized carbons (Fsp3) is 0. The van der Waals surface area contributed by atoms with E-state index in [0.29, 0.717) is 5.69 Å². The maximum absolute atomic E-state index is 11.2. The monoisotopic (exact) mass is 265 g/mol. The van der Waals surface area contributed by atoms with Gasteiger partial charge in [-0.2, -0.15) is 10.3 Å². The summed E-state index contributed by atoms with van der Waals surface area (Å²) in [5.74, 6) is -1.10. The Morgan fingerprint density at radius 2 is 1.55 bits per heavy atom. The van der Waals surface area contributed by atoms with Gasteiger partial charge in [-0.1, -0.05) is 54.6 Å². The zero-order valence-electron chi connectivity index (χ0n) is 10.4. The van der Waals surface area contributed by atoms with Crippen LogP contribution >= 0.6 is 0 Å². The minimum atomic E-state index is -1.10. The first kappa shape index (κ1) is 12.1. The average Bonchev–Trinajstić information content (AvgIpc) is 2.98. The van der Waals surface area contributed by atoms with Crippen LogP contribution in [0.2, 0.25) is 0 Å². The maximum Gasteiger partial charge on any atom is 0.358 e. The predicted octanol–water partition coefficient (Wildman–Crippen LogP) is 2.84. The molecule has 5 heteroatoms. The lowest BCUT2D eigenvalue weighted by Gasteiger charge is -2.07. The van der Waals surface area contributed by atoms with Crippen LogP contribution in [0.25, 0.3) is 22.4 Å². The van der Waals surface area contributed by atoms with Gasteiger partial charge in [-0.25, -0.2) is 4.79 Å². The van der Waals surface area contributed by atoms with Crippen molar-refractivity contribution in [2.45, 2.75) is 0 Å². The van der Waals surface area contributed by atoms with Crippen molar-refractivity contribution in [2.24, 2.45) is 0 Å². The van der Waals surface area contributed by atoms with Gasteiger partial charge in [0.15, 0.2) is 5.69 Å². The number of H-pyrrole nitrogens is 1. The first-order valence-electron chi connectivity index (χ1n) is 6.06. The summed E-state index contributed by atoms with van der Waals surface area (Å²) in [6.45, 7) is 0. The van der Waals surface area contributed by atoms with Crippen molar-refractivity contribution in [1.29, 1.82) is 0 Å². The van der Waals surface area contributed by atoms with E-state index in [0.717, 1.165) is 16.7 Å². The highest BCUT2D eigenvalue weighted by molar-refractivity contribution is 5.95. The molecule has 98 valence electrons. The highest BCUT2D eigenvalue weighted by Gasteiger charge is 2.19. The summed E-state index contributed by atoms with van der Waals surface area (Å²) in [4.78, 5) is 11.2. The Morgan fingerprint density at radius 3 is 2.25 bits per heavy atom. The van der Waals surface area contributed by atoms with Crippen LogP contribution in [0, 0.1) is 0 Å². The summed E-state index contributed by atoms with van der Waals surface area (Å²) in [5.41, 5.74) is 2.93. The SMILES string of the molecule is O=C(O)c1n[nH]nc1-c1ccccc1-c1ccccc1. The molecule has 0 spiro atoms. The predicted molar refractivity (Wildman–Crippen MR) is 74.2 cm³/mol. The molecular formula is C15H11N3O2. The molecule has 0 unspecified atom stereocenters. The molecule has 3 rings (SSSR count). The largest absolute Gasteiger partial charge is 0.476 e. The van der Waals surface area contributed by atoms with Crippen LogP contribution in [0.4, 0.5) is 0 Å². The number of carboxylic acid groups (broad SMARTS) is 1. The molecule has 20 heavy (non-hydrogen) atoms. The molecule has 0 fully saturated rings. The zero-order chi connectivity index (χ0) is 13.9. The maximum atomic E-state index is 11.2. The Morgan fingerprint density at radius 1 is 0.900 bits per heavy atom. The number of hydrogen-bond acceptors (Lipinski definition) is 3. The second-order valence-electron chi connectivity index (χ2n) is 4.24. The van der Waals surface area contributed by atoms with Crippen molar-refractivity contribution in [1.82, 2.24) is 15.4 Å². The van der Waals surface area contributed by atoms with E-state index < -0.39 is 5.97 Å². The fourth-order valence-corrected chi connectivity index (χ4v) is 2.13. The first-order chi connectivity index (χ1) is 9.77. The summed E-state index contributed by atoms with van der Waals surface area (Å²) in [5, 5.41) is 19.2. The highest BCUT2D eigenvalue weighted by Crippen LogP contribution is 2.31. The smallest absolute Gasteiger partial charge is 0.358 e. The summed E-state index contributed by atoms with van der Waals surface area (Å²) in [7, 11) is 0. The van der Waals surface area contributed by atoms with Gasteiger partial charge in [-0.05, 0) is 11.1 Å². The van der Waals surface area contributed by atoms with E-state index in [4.69, 9.17) is 5.11 Å². The molecule has 2 aromatic carbocycles. The van der Waals surface area contributed by atoms with Gasteiger partial charge in [0.2, 0.25) is 0 Å². The van der Waals surface area contributed by atoms with Crippen molar-refractivity contribution in [3.63, 3.8) is 0 Å². The number of aromatic amines is 1. The third-order valence-corrected chi connectivity index (χ3v) is 3.02. The van der Waals surface area contributed by atoms with Crippen LogP contribution in [0.5, 0.6) is 0 Å². The van der Waals surface area contributed by atoms with E-state index in [2.05, 4.69) is 15.4 Å². The summed E-state index contributed by atoms with van der Waals surface area (Å²) in [6, 6.07) is 17.3. The molecule has 0 aliphatic rings. The normalized spacial score (nSPS) is 10.4. The molecule has 0 saturated heterocycles. The van der Waals surface area contributed by atoms with Gasteiger partial charge in [-0.3, -0.25) is 0 Å². The Bertz CT molecular complexity index is 751. The standard InChI is InChI=1S/C15H11N3O2/c19-15(20)14-13(16-18-17-14)12-9-5-4-8-11(12)10-6-2-1-3-7-10/h1-9H,(H,19,20)(H,16,17,18). The Hall–Kier alpha value is -2.95. The van der Waals surface area contributed by atoms with Crippen molar-refractivity contribution in [3.8, 4) is 22.4 Å². The second-order valence-corrected chi connectivity index (χ2v) is 4.24.